The average Bonchev–Trinajstić information content (AvgIpc) is 3.08. The molecule has 0 spiro atoms. The molecule has 0 aliphatic carbocycles. The predicted octanol–water partition coefficient (Wildman–Crippen LogP) is -0.321. The van der Waals surface area contributed by atoms with Gasteiger partial charge in [0.2, 0.25) is 5.91 Å². The van der Waals surface area contributed by atoms with Crippen molar-refractivity contribution in [1.82, 2.24) is 15.1 Å². The highest BCUT2D eigenvalue weighted by molar-refractivity contribution is 5.94. The van der Waals surface area contributed by atoms with Gasteiger partial charge in [-0.2, -0.15) is 5.10 Å². The molecule has 8 heteroatoms. The average molecular weight is 332 g/mol. The standard InChI is InChI=1S/C16H20N4O4/c1-10(15(17)23)20-7-13(6-18-20)11-2-4-12(5-3-11)16(24)19-14(8-21)9-22/h2-7,10,14,21-22H,8-9H2,1H3,(H2,17,23)(H,19,24). The lowest BCUT2D eigenvalue weighted by Crippen LogP contribution is -2.40. The first-order valence-electron chi connectivity index (χ1n) is 7.42. The van der Waals surface area contributed by atoms with E-state index in [1.165, 1.54) is 4.68 Å². The first-order valence-corrected chi connectivity index (χ1v) is 7.42. The molecule has 0 fully saturated rings. The van der Waals surface area contributed by atoms with Crippen molar-refractivity contribution in [2.24, 2.45) is 5.73 Å². The smallest absolute Gasteiger partial charge is 0.251 e. The SMILES string of the molecule is CC(C(N)=O)n1cc(-c2ccc(C(=O)NC(CO)CO)cc2)cn1. The van der Waals surface area contributed by atoms with E-state index >= 15 is 0 Å². The quantitative estimate of drug-likeness (QED) is 0.552. The van der Waals surface area contributed by atoms with E-state index in [0.717, 1.165) is 11.1 Å². The summed E-state index contributed by atoms with van der Waals surface area (Å²) in [5.41, 5.74) is 7.28. The maximum Gasteiger partial charge on any atom is 0.251 e. The summed E-state index contributed by atoms with van der Waals surface area (Å²) in [5, 5.41) is 24.6. The number of primary amides is 1. The molecule has 0 aliphatic rings. The van der Waals surface area contributed by atoms with Crippen molar-refractivity contribution in [2.75, 3.05) is 13.2 Å². The number of hydrogen-bond donors (Lipinski definition) is 4. The van der Waals surface area contributed by atoms with Crippen molar-refractivity contribution in [3.05, 3.63) is 42.2 Å². The third kappa shape index (κ3) is 3.98. The second-order valence-corrected chi connectivity index (χ2v) is 5.40. The molecule has 24 heavy (non-hydrogen) atoms. The Morgan fingerprint density at radius 1 is 1.21 bits per heavy atom. The van der Waals surface area contributed by atoms with E-state index in [9.17, 15) is 9.59 Å². The number of hydrogen-bond acceptors (Lipinski definition) is 5. The number of carbonyl (C=O) groups is 2. The largest absolute Gasteiger partial charge is 0.394 e. The zero-order valence-corrected chi connectivity index (χ0v) is 13.2. The molecule has 5 N–H and O–H groups in total. The number of nitrogens with one attached hydrogen (secondary N) is 1. The number of aromatic nitrogens is 2. The Balaban J connectivity index is 2.12. The first kappa shape index (κ1) is 17.6. The summed E-state index contributed by atoms with van der Waals surface area (Å²) in [6, 6.07) is 5.52. The van der Waals surface area contributed by atoms with Crippen molar-refractivity contribution in [3.8, 4) is 11.1 Å². The molecular formula is C16H20N4O4. The normalized spacial score (nSPS) is 12.2. The number of nitrogens with two attached hydrogens (primary N) is 1. The summed E-state index contributed by atoms with van der Waals surface area (Å²) in [7, 11) is 0. The topological polar surface area (TPSA) is 130 Å². The van der Waals surface area contributed by atoms with Gasteiger partial charge in [0.05, 0.1) is 25.5 Å². The van der Waals surface area contributed by atoms with Crippen LogP contribution in [0.1, 0.15) is 23.3 Å². The molecular weight excluding hydrogens is 312 g/mol. The molecule has 8 nitrogen and oxygen atoms in total. The van der Waals surface area contributed by atoms with Crippen molar-refractivity contribution < 1.29 is 19.8 Å². The van der Waals surface area contributed by atoms with E-state index in [2.05, 4.69) is 10.4 Å². The van der Waals surface area contributed by atoms with E-state index in [0.29, 0.717) is 5.56 Å². The highest BCUT2D eigenvalue weighted by Crippen LogP contribution is 2.20. The Morgan fingerprint density at radius 2 is 1.83 bits per heavy atom. The van der Waals surface area contributed by atoms with Crippen molar-refractivity contribution in [1.29, 1.82) is 0 Å². The maximum absolute atomic E-state index is 12.0. The van der Waals surface area contributed by atoms with Crippen LogP contribution >= 0.6 is 0 Å². The van der Waals surface area contributed by atoms with Crippen molar-refractivity contribution in [2.45, 2.75) is 19.0 Å². The Morgan fingerprint density at radius 3 is 2.38 bits per heavy atom. The van der Waals surface area contributed by atoms with Crippen LogP contribution in [-0.4, -0.2) is 51.1 Å². The highest BCUT2D eigenvalue weighted by Gasteiger charge is 2.14. The van der Waals surface area contributed by atoms with Gasteiger partial charge in [0.15, 0.2) is 0 Å². The first-order chi connectivity index (χ1) is 11.5. The second kappa shape index (κ2) is 7.71. The van der Waals surface area contributed by atoms with Gasteiger partial charge in [-0.05, 0) is 24.6 Å². The summed E-state index contributed by atoms with van der Waals surface area (Å²) < 4.78 is 1.48. The van der Waals surface area contributed by atoms with Gasteiger partial charge in [-0.25, -0.2) is 0 Å². The Bertz CT molecular complexity index is 707. The third-order valence-corrected chi connectivity index (χ3v) is 3.67. The van der Waals surface area contributed by atoms with Gasteiger partial charge in [0.25, 0.3) is 5.91 Å². The molecule has 1 heterocycles. The fourth-order valence-corrected chi connectivity index (χ4v) is 2.06. The van der Waals surface area contributed by atoms with Crippen LogP contribution in [0.2, 0.25) is 0 Å². The minimum Gasteiger partial charge on any atom is -0.394 e. The lowest BCUT2D eigenvalue weighted by atomic mass is 10.1. The van der Waals surface area contributed by atoms with Crippen LogP contribution in [0.25, 0.3) is 11.1 Å². The Labute approximate surface area is 138 Å². The van der Waals surface area contributed by atoms with Crippen LogP contribution in [0.4, 0.5) is 0 Å². The van der Waals surface area contributed by atoms with Crippen LogP contribution in [0.15, 0.2) is 36.7 Å². The lowest BCUT2D eigenvalue weighted by molar-refractivity contribution is -0.120. The number of amides is 2. The third-order valence-electron chi connectivity index (χ3n) is 3.67. The summed E-state index contributed by atoms with van der Waals surface area (Å²) in [6.07, 6.45) is 3.32. The number of carbonyl (C=O) groups excluding carboxylic acids is 2. The second-order valence-electron chi connectivity index (χ2n) is 5.40. The fourth-order valence-electron chi connectivity index (χ4n) is 2.06. The number of nitrogens with zero attached hydrogens (tertiary/aromatic N) is 2. The van der Waals surface area contributed by atoms with Gasteiger partial charge in [-0.3, -0.25) is 14.3 Å². The van der Waals surface area contributed by atoms with Gasteiger partial charge < -0.3 is 21.3 Å². The molecule has 1 aromatic heterocycles. The molecule has 0 bridgehead atoms. The van der Waals surface area contributed by atoms with E-state index in [1.807, 2.05) is 0 Å². The molecule has 0 saturated carbocycles. The summed E-state index contributed by atoms with van der Waals surface area (Å²) >= 11 is 0. The molecule has 0 aliphatic heterocycles. The molecule has 0 saturated heterocycles. The van der Waals surface area contributed by atoms with Crippen LogP contribution in [0.3, 0.4) is 0 Å². The molecule has 0 radical (unpaired) electrons. The zero-order valence-electron chi connectivity index (χ0n) is 13.2. The van der Waals surface area contributed by atoms with Crippen LogP contribution in [0.5, 0.6) is 0 Å². The van der Waals surface area contributed by atoms with Gasteiger partial charge in [-0.1, -0.05) is 12.1 Å². The summed E-state index contributed by atoms with van der Waals surface area (Å²) in [6.45, 7) is 0.987. The van der Waals surface area contributed by atoms with Crippen molar-refractivity contribution >= 4 is 11.8 Å². The highest BCUT2D eigenvalue weighted by atomic mass is 16.3. The van der Waals surface area contributed by atoms with Crippen LogP contribution in [-0.2, 0) is 4.79 Å². The van der Waals surface area contributed by atoms with E-state index in [4.69, 9.17) is 15.9 Å². The maximum atomic E-state index is 12.0. The number of rotatable bonds is 7. The van der Waals surface area contributed by atoms with Crippen molar-refractivity contribution in [3.63, 3.8) is 0 Å². The van der Waals surface area contributed by atoms with Crippen LogP contribution in [0, 0.1) is 0 Å². The number of aliphatic hydroxyl groups excluding tert-OH is 2. The molecule has 2 aromatic rings. The molecule has 1 unspecified atom stereocenters. The zero-order chi connectivity index (χ0) is 17.7. The predicted molar refractivity (Wildman–Crippen MR) is 87.0 cm³/mol. The monoisotopic (exact) mass is 332 g/mol. The fraction of sp³-hybridized carbons (Fsp3) is 0.312. The molecule has 2 rings (SSSR count). The molecule has 1 aromatic carbocycles. The number of aliphatic hydroxyl groups is 2. The summed E-state index contributed by atoms with van der Waals surface area (Å²) in [4.78, 5) is 23.2. The lowest BCUT2D eigenvalue weighted by Gasteiger charge is -2.13. The van der Waals surface area contributed by atoms with Gasteiger partial charge in [0.1, 0.15) is 6.04 Å². The Hall–Kier alpha value is -2.71. The van der Waals surface area contributed by atoms with E-state index in [-0.39, 0.29) is 19.1 Å². The van der Waals surface area contributed by atoms with E-state index < -0.39 is 18.0 Å². The molecule has 1 atom stereocenters. The molecule has 2 amide bonds. The minimum atomic E-state index is -0.689. The van der Waals surface area contributed by atoms with E-state index in [1.54, 1.807) is 43.6 Å². The Kier molecular flexibility index (Phi) is 5.67. The molecule has 128 valence electrons. The number of benzene rings is 1. The van der Waals surface area contributed by atoms with Gasteiger partial charge >= 0.3 is 0 Å². The summed E-state index contributed by atoms with van der Waals surface area (Å²) in [5.74, 6) is -0.855. The van der Waals surface area contributed by atoms with Crippen LogP contribution < -0.4 is 11.1 Å². The van der Waals surface area contributed by atoms with Gasteiger partial charge in [0, 0.05) is 17.3 Å². The minimum absolute atomic E-state index is 0.336. The van der Waals surface area contributed by atoms with Gasteiger partial charge in [-0.15, -0.1) is 0 Å².